The zero-order chi connectivity index (χ0) is 30.1. The standard InChI is InChI=1S/C33H37IN2O7/c1-36(26(30(38)35-14-15-37)16-20-6-3-2-4-7-20)31(39)22-18-27(41-32(40)21-8-5-9-25(34)17-21)29-28(19-22)42-33(43-29,23-10-11-23)24-12-13-24/h2-9,17,19,23-24,26-29,37H,10-16,18H2,1H3,(H,35,38)/t26-,27-,28-,29+/m1/s1. The summed E-state index contributed by atoms with van der Waals surface area (Å²) in [5, 5.41) is 12.0. The zero-order valence-corrected chi connectivity index (χ0v) is 26.3. The Kier molecular flexibility index (Phi) is 8.91. The number of carbonyl (C=O) groups is 3. The monoisotopic (exact) mass is 700 g/mol. The SMILES string of the molecule is CN(C(=O)C1=C[C@H]2OC(C3CC3)(C3CC3)O[C@H]2[C@H](OC(=O)c2cccc(I)c2)C1)[C@H](Cc1ccccc1)C(=O)NCCO. The molecule has 6 rings (SSSR count). The van der Waals surface area contributed by atoms with Crippen molar-refractivity contribution in [3.05, 3.63) is 80.9 Å². The highest BCUT2D eigenvalue weighted by molar-refractivity contribution is 14.1. The first kappa shape index (κ1) is 30.2. The fraction of sp³-hybridized carbons (Fsp3) is 0.485. The summed E-state index contributed by atoms with van der Waals surface area (Å²) in [4.78, 5) is 42.0. The molecule has 3 aliphatic carbocycles. The number of rotatable bonds is 11. The normalized spacial score (nSPS) is 24.8. The van der Waals surface area contributed by atoms with Gasteiger partial charge in [0.25, 0.3) is 0 Å². The van der Waals surface area contributed by atoms with Gasteiger partial charge in [-0.05, 0) is 78.1 Å². The second-order valence-electron chi connectivity index (χ2n) is 11.9. The minimum atomic E-state index is -0.815. The Bertz CT molecular complexity index is 1380. The lowest BCUT2D eigenvalue weighted by Gasteiger charge is -2.33. The second-order valence-corrected chi connectivity index (χ2v) is 13.2. The van der Waals surface area contributed by atoms with Gasteiger partial charge in [0, 0.05) is 47.4 Å². The number of hydrogen-bond donors (Lipinski definition) is 2. The molecule has 2 amide bonds. The van der Waals surface area contributed by atoms with Gasteiger partial charge in [-0.25, -0.2) is 4.79 Å². The van der Waals surface area contributed by atoms with Crippen molar-refractivity contribution in [3.8, 4) is 0 Å². The zero-order valence-electron chi connectivity index (χ0n) is 24.1. The van der Waals surface area contributed by atoms with Gasteiger partial charge in [-0.15, -0.1) is 0 Å². The van der Waals surface area contributed by atoms with E-state index in [9.17, 15) is 19.5 Å². The Balaban J connectivity index is 1.27. The van der Waals surface area contributed by atoms with E-state index in [1.807, 2.05) is 42.5 Å². The molecule has 0 bridgehead atoms. The van der Waals surface area contributed by atoms with Crippen molar-refractivity contribution in [3.63, 3.8) is 0 Å². The summed E-state index contributed by atoms with van der Waals surface area (Å²) in [5.74, 6) is -1.27. The smallest absolute Gasteiger partial charge is 0.338 e. The summed E-state index contributed by atoms with van der Waals surface area (Å²) >= 11 is 2.15. The van der Waals surface area contributed by atoms with Crippen molar-refractivity contribution in [1.82, 2.24) is 10.2 Å². The third-order valence-corrected chi connectivity index (χ3v) is 9.45. The van der Waals surface area contributed by atoms with Crippen molar-refractivity contribution in [1.29, 1.82) is 0 Å². The molecular formula is C33H37IN2O7. The summed E-state index contributed by atoms with van der Waals surface area (Å²) in [6.07, 6.45) is 4.59. The van der Waals surface area contributed by atoms with Crippen molar-refractivity contribution >= 4 is 40.4 Å². The van der Waals surface area contributed by atoms with Crippen LogP contribution in [0.4, 0.5) is 0 Å². The number of likely N-dealkylation sites (N-methyl/N-ethyl adjacent to an activating group) is 1. The van der Waals surface area contributed by atoms with Crippen molar-refractivity contribution < 1.29 is 33.7 Å². The maximum atomic E-state index is 14.1. The predicted octanol–water partition coefficient (Wildman–Crippen LogP) is 3.63. The van der Waals surface area contributed by atoms with Crippen LogP contribution in [-0.4, -0.2) is 78.1 Å². The predicted molar refractivity (Wildman–Crippen MR) is 166 cm³/mol. The fourth-order valence-corrected chi connectivity index (χ4v) is 6.83. The third-order valence-electron chi connectivity index (χ3n) is 8.78. The Hall–Kier alpha value is -2.80. The molecule has 0 spiro atoms. The van der Waals surface area contributed by atoms with Gasteiger partial charge in [-0.2, -0.15) is 0 Å². The van der Waals surface area contributed by atoms with Crippen LogP contribution in [0.3, 0.4) is 0 Å². The van der Waals surface area contributed by atoms with Gasteiger partial charge in [-0.1, -0.05) is 36.4 Å². The highest BCUT2D eigenvalue weighted by Gasteiger charge is 2.64. The molecule has 0 unspecified atom stereocenters. The number of nitrogens with one attached hydrogen (secondary N) is 1. The number of halogens is 1. The Labute approximate surface area is 265 Å². The van der Waals surface area contributed by atoms with Crippen molar-refractivity contribution in [2.75, 3.05) is 20.2 Å². The quantitative estimate of drug-likeness (QED) is 0.272. The van der Waals surface area contributed by atoms with Crippen LogP contribution in [0.1, 0.15) is 48.0 Å². The molecule has 2 aromatic rings. The number of aliphatic hydroxyl groups is 1. The summed E-state index contributed by atoms with van der Waals surface area (Å²) in [6.45, 7) is -0.116. The van der Waals surface area contributed by atoms with E-state index in [1.54, 1.807) is 25.2 Å². The van der Waals surface area contributed by atoms with Crippen molar-refractivity contribution in [2.24, 2.45) is 11.8 Å². The highest BCUT2D eigenvalue weighted by atomic mass is 127. The van der Waals surface area contributed by atoms with Gasteiger partial charge >= 0.3 is 5.97 Å². The number of benzene rings is 2. The number of aliphatic hydroxyl groups excluding tert-OH is 1. The molecule has 2 saturated carbocycles. The molecule has 2 aromatic carbocycles. The minimum absolute atomic E-state index is 0.0879. The minimum Gasteiger partial charge on any atom is -0.456 e. The van der Waals surface area contributed by atoms with Crippen LogP contribution >= 0.6 is 22.6 Å². The average Bonchev–Trinajstić information content (AvgIpc) is 3.95. The van der Waals surface area contributed by atoms with E-state index >= 15 is 0 Å². The Morgan fingerprint density at radius 2 is 1.79 bits per heavy atom. The molecule has 1 saturated heterocycles. The second kappa shape index (κ2) is 12.7. The Morgan fingerprint density at radius 1 is 1.07 bits per heavy atom. The maximum Gasteiger partial charge on any atom is 0.338 e. The first-order valence-corrected chi connectivity index (χ1v) is 16.1. The summed E-state index contributed by atoms with van der Waals surface area (Å²) < 4.78 is 20.4. The molecule has 4 atom stereocenters. The first-order valence-electron chi connectivity index (χ1n) is 15.0. The van der Waals surface area contributed by atoms with Gasteiger partial charge in [-0.3, -0.25) is 9.59 Å². The lowest BCUT2D eigenvalue weighted by molar-refractivity contribution is -0.209. The van der Waals surface area contributed by atoms with Crippen LogP contribution in [0, 0.1) is 15.4 Å². The maximum absolute atomic E-state index is 14.1. The van der Waals surface area contributed by atoms with E-state index in [0.717, 1.165) is 34.8 Å². The van der Waals surface area contributed by atoms with Crippen LogP contribution in [0.15, 0.2) is 66.2 Å². The molecular weight excluding hydrogens is 663 g/mol. The highest BCUT2D eigenvalue weighted by Crippen LogP contribution is 2.59. The van der Waals surface area contributed by atoms with Gasteiger partial charge < -0.3 is 29.5 Å². The number of esters is 1. The number of hydrogen-bond acceptors (Lipinski definition) is 7. The van der Waals surface area contributed by atoms with E-state index in [1.165, 1.54) is 4.90 Å². The number of fused-ring (bicyclic) bond motifs is 1. The van der Waals surface area contributed by atoms with E-state index in [4.69, 9.17) is 14.2 Å². The Morgan fingerprint density at radius 3 is 2.44 bits per heavy atom. The summed E-state index contributed by atoms with van der Waals surface area (Å²) in [5.41, 5.74) is 1.75. The van der Waals surface area contributed by atoms with Crippen LogP contribution in [-0.2, 0) is 30.2 Å². The first-order chi connectivity index (χ1) is 20.8. The molecule has 9 nitrogen and oxygen atoms in total. The molecule has 1 heterocycles. The lowest BCUT2D eigenvalue weighted by Crippen LogP contribution is -2.51. The number of amides is 2. The number of carbonyl (C=O) groups excluding carboxylic acids is 3. The van der Waals surface area contributed by atoms with Gasteiger partial charge in [0.2, 0.25) is 11.8 Å². The van der Waals surface area contributed by atoms with Crippen LogP contribution in [0.25, 0.3) is 0 Å². The molecule has 4 aliphatic rings. The molecule has 0 aromatic heterocycles. The third kappa shape index (κ3) is 6.52. The number of nitrogens with zero attached hydrogens (tertiary/aromatic N) is 1. The molecule has 228 valence electrons. The van der Waals surface area contributed by atoms with Crippen LogP contribution in [0.5, 0.6) is 0 Å². The van der Waals surface area contributed by atoms with E-state index in [0.29, 0.717) is 29.4 Å². The van der Waals surface area contributed by atoms with Gasteiger partial charge in [0.15, 0.2) is 5.79 Å². The topological polar surface area (TPSA) is 114 Å². The largest absolute Gasteiger partial charge is 0.456 e. The fourth-order valence-electron chi connectivity index (χ4n) is 6.29. The van der Waals surface area contributed by atoms with Gasteiger partial charge in [0.05, 0.1) is 12.2 Å². The summed E-state index contributed by atoms with van der Waals surface area (Å²) in [7, 11) is 1.61. The van der Waals surface area contributed by atoms with Crippen molar-refractivity contribution in [2.45, 2.75) is 68.7 Å². The van der Waals surface area contributed by atoms with E-state index < -0.39 is 36.1 Å². The van der Waals surface area contributed by atoms with Gasteiger partial charge in [0.1, 0.15) is 24.4 Å². The molecule has 43 heavy (non-hydrogen) atoms. The van der Waals surface area contributed by atoms with E-state index in [-0.39, 0.29) is 31.4 Å². The van der Waals surface area contributed by atoms with E-state index in [2.05, 4.69) is 27.9 Å². The molecule has 3 fully saturated rings. The van der Waals surface area contributed by atoms with Crippen LogP contribution in [0.2, 0.25) is 0 Å². The average molecular weight is 701 g/mol. The molecule has 1 aliphatic heterocycles. The van der Waals surface area contributed by atoms with Crippen LogP contribution < -0.4 is 5.32 Å². The molecule has 10 heteroatoms. The lowest BCUT2D eigenvalue weighted by atomic mass is 9.90. The molecule has 2 N–H and O–H groups in total. The number of ether oxygens (including phenoxy) is 3. The summed E-state index contributed by atoms with van der Waals surface area (Å²) in [6, 6.07) is 15.9. The molecule has 0 radical (unpaired) electrons.